The van der Waals surface area contributed by atoms with E-state index in [4.69, 9.17) is 11.6 Å². The third kappa shape index (κ3) is 2.42. The zero-order valence-corrected chi connectivity index (χ0v) is 13.6. The number of nitrogens with one attached hydrogen (secondary N) is 1. The van der Waals surface area contributed by atoms with E-state index in [0.29, 0.717) is 17.8 Å². The Labute approximate surface area is 134 Å². The van der Waals surface area contributed by atoms with Crippen molar-refractivity contribution in [3.05, 3.63) is 16.8 Å². The number of aryl methyl sites for hydroxylation is 1. The number of anilines is 1. The second-order valence-corrected chi connectivity index (χ2v) is 7.60. The largest absolute Gasteiger partial charge is 0.367 e. The van der Waals surface area contributed by atoms with Crippen molar-refractivity contribution in [1.29, 1.82) is 0 Å². The summed E-state index contributed by atoms with van der Waals surface area (Å²) in [6.07, 6.45) is 10.6. The molecule has 0 saturated heterocycles. The highest BCUT2D eigenvalue weighted by Gasteiger charge is 2.29. The van der Waals surface area contributed by atoms with Gasteiger partial charge >= 0.3 is 0 Å². The molecule has 2 aromatic heterocycles. The molecule has 2 heterocycles. The summed E-state index contributed by atoms with van der Waals surface area (Å²) in [5.41, 5.74) is 1.43. The Kier molecular flexibility index (Phi) is 3.76. The van der Waals surface area contributed by atoms with Crippen LogP contribution in [0.4, 0.5) is 5.82 Å². The maximum Gasteiger partial charge on any atom is 0.138 e. The van der Waals surface area contributed by atoms with Gasteiger partial charge in [-0.2, -0.15) is 0 Å². The van der Waals surface area contributed by atoms with Gasteiger partial charge in [-0.05, 0) is 37.2 Å². The molecule has 2 aromatic rings. The van der Waals surface area contributed by atoms with Gasteiger partial charge in [-0.1, -0.05) is 19.3 Å². The van der Waals surface area contributed by atoms with Crippen LogP contribution in [0, 0.1) is 0 Å². The van der Waals surface area contributed by atoms with Gasteiger partial charge in [-0.3, -0.25) is 0 Å². The van der Waals surface area contributed by atoms with Gasteiger partial charge < -0.3 is 5.32 Å². The summed E-state index contributed by atoms with van der Waals surface area (Å²) >= 11 is 8.01. The van der Waals surface area contributed by atoms with E-state index in [2.05, 4.69) is 15.3 Å². The molecule has 1 fully saturated rings. The van der Waals surface area contributed by atoms with E-state index in [9.17, 15) is 0 Å². The predicted octanol–water partition coefficient (Wildman–Crippen LogP) is 4.70. The molecule has 0 bridgehead atoms. The summed E-state index contributed by atoms with van der Waals surface area (Å²) in [7, 11) is 0. The minimum absolute atomic E-state index is 0.480. The van der Waals surface area contributed by atoms with Crippen LogP contribution < -0.4 is 5.32 Å². The van der Waals surface area contributed by atoms with Crippen molar-refractivity contribution >= 4 is 39.0 Å². The number of fused-ring (bicyclic) bond motifs is 3. The van der Waals surface area contributed by atoms with E-state index in [1.54, 1.807) is 6.33 Å². The molecule has 1 saturated carbocycles. The van der Waals surface area contributed by atoms with E-state index in [1.807, 2.05) is 11.3 Å². The van der Waals surface area contributed by atoms with Gasteiger partial charge in [0.2, 0.25) is 0 Å². The number of nitrogens with zero attached hydrogens (tertiary/aromatic N) is 2. The molecule has 1 unspecified atom stereocenters. The molecule has 0 aliphatic heterocycles. The SMILES string of the molecule is ClCC1CCc2sc3ncnc(NC4CCCCC4)c3c21. The molecule has 0 amide bonds. The summed E-state index contributed by atoms with van der Waals surface area (Å²) in [5.74, 6) is 2.23. The van der Waals surface area contributed by atoms with E-state index in [0.717, 1.165) is 17.1 Å². The third-order valence-electron chi connectivity index (χ3n) is 4.86. The lowest BCUT2D eigenvalue weighted by molar-refractivity contribution is 0.462. The molecular weight excluding hydrogens is 302 g/mol. The fourth-order valence-electron chi connectivity index (χ4n) is 3.77. The van der Waals surface area contributed by atoms with Gasteiger partial charge in [0.1, 0.15) is 17.0 Å². The Balaban J connectivity index is 1.74. The Morgan fingerprint density at radius 1 is 1.19 bits per heavy atom. The Morgan fingerprint density at radius 3 is 2.86 bits per heavy atom. The highest BCUT2D eigenvalue weighted by Crippen LogP contribution is 2.45. The number of hydrogen-bond donors (Lipinski definition) is 1. The van der Waals surface area contributed by atoms with E-state index in [1.165, 1.54) is 54.4 Å². The van der Waals surface area contributed by atoms with E-state index >= 15 is 0 Å². The minimum Gasteiger partial charge on any atom is -0.367 e. The molecule has 3 nitrogen and oxygen atoms in total. The van der Waals surface area contributed by atoms with Gasteiger partial charge in [-0.15, -0.1) is 22.9 Å². The van der Waals surface area contributed by atoms with E-state index < -0.39 is 0 Å². The first kappa shape index (κ1) is 13.8. The second-order valence-electron chi connectivity index (χ2n) is 6.21. The lowest BCUT2D eigenvalue weighted by atomic mass is 9.95. The fraction of sp³-hybridized carbons (Fsp3) is 0.625. The average molecular weight is 322 g/mol. The number of halogens is 1. The summed E-state index contributed by atoms with van der Waals surface area (Å²) in [6, 6.07) is 0.572. The first-order valence-corrected chi connectivity index (χ1v) is 9.30. The molecule has 4 rings (SSSR count). The molecule has 0 radical (unpaired) electrons. The molecule has 0 aromatic carbocycles. The minimum atomic E-state index is 0.480. The summed E-state index contributed by atoms with van der Waals surface area (Å²) in [4.78, 5) is 11.7. The standard InChI is InChI=1S/C16H20ClN3S/c17-8-10-6-7-12-13(10)14-15(18-9-19-16(14)21-12)20-11-4-2-1-3-5-11/h9-11H,1-8H2,(H,18,19,20). The topological polar surface area (TPSA) is 37.8 Å². The molecule has 1 N–H and O–H groups in total. The Hall–Kier alpha value is -0.870. The van der Waals surface area contributed by atoms with E-state index in [-0.39, 0.29) is 0 Å². The average Bonchev–Trinajstić information content (AvgIpc) is 3.07. The normalized spacial score (nSPS) is 22.6. The summed E-state index contributed by atoms with van der Waals surface area (Å²) in [5, 5.41) is 4.95. The van der Waals surface area contributed by atoms with Crippen LogP contribution in [0.25, 0.3) is 10.2 Å². The quantitative estimate of drug-likeness (QED) is 0.832. The van der Waals surface area contributed by atoms with Crippen LogP contribution in [0.5, 0.6) is 0 Å². The van der Waals surface area contributed by atoms with Gasteiger partial charge in [0, 0.05) is 16.8 Å². The Morgan fingerprint density at radius 2 is 2.05 bits per heavy atom. The van der Waals surface area contributed by atoms with Crippen molar-refractivity contribution in [3.63, 3.8) is 0 Å². The van der Waals surface area contributed by atoms with Crippen molar-refractivity contribution in [2.24, 2.45) is 0 Å². The fourth-order valence-corrected chi connectivity index (χ4v) is 5.32. The first-order valence-electron chi connectivity index (χ1n) is 7.95. The van der Waals surface area contributed by atoms with Crippen molar-refractivity contribution in [1.82, 2.24) is 9.97 Å². The maximum atomic E-state index is 6.18. The molecule has 112 valence electrons. The maximum absolute atomic E-state index is 6.18. The van der Waals surface area contributed by atoms with Gasteiger partial charge in [0.15, 0.2) is 0 Å². The second kappa shape index (κ2) is 5.73. The number of aromatic nitrogens is 2. The molecule has 2 aliphatic carbocycles. The van der Waals surface area contributed by atoms with Crippen LogP contribution in [-0.4, -0.2) is 21.9 Å². The lowest BCUT2D eigenvalue weighted by Gasteiger charge is -2.23. The molecule has 21 heavy (non-hydrogen) atoms. The number of hydrogen-bond acceptors (Lipinski definition) is 4. The molecule has 1 atom stereocenters. The van der Waals surface area contributed by atoms with Crippen LogP contribution in [0.3, 0.4) is 0 Å². The number of alkyl halides is 1. The Bertz CT molecular complexity index is 648. The number of rotatable bonds is 3. The van der Waals surface area contributed by atoms with Gasteiger partial charge in [0.25, 0.3) is 0 Å². The van der Waals surface area contributed by atoms with Crippen LogP contribution in [0.2, 0.25) is 0 Å². The summed E-state index contributed by atoms with van der Waals surface area (Å²) in [6.45, 7) is 0. The molecule has 5 heteroatoms. The smallest absolute Gasteiger partial charge is 0.138 e. The zero-order valence-electron chi connectivity index (χ0n) is 12.1. The highest BCUT2D eigenvalue weighted by atomic mass is 35.5. The van der Waals surface area contributed by atoms with Crippen LogP contribution in [-0.2, 0) is 6.42 Å². The molecular formula is C16H20ClN3S. The van der Waals surface area contributed by atoms with Gasteiger partial charge in [-0.25, -0.2) is 9.97 Å². The predicted molar refractivity (Wildman–Crippen MR) is 89.7 cm³/mol. The van der Waals surface area contributed by atoms with Crippen LogP contribution in [0.15, 0.2) is 6.33 Å². The van der Waals surface area contributed by atoms with Crippen molar-refractivity contribution in [2.75, 3.05) is 11.2 Å². The monoisotopic (exact) mass is 321 g/mol. The number of thiophene rings is 1. The lowest BCUT2D eigenvalue weighted by Crippen LogP contribution is -2.23. The molecule has 0 spiro atoms. The molecule has 2 aliphatic rings. The highest BCUT2D eigenvalue weighted by molar-refractivity contribution is 7.19. The first-order chi connectivity index (χ1) is 10.4. The van der Waals surface area contributed by atoms with Crippen molar-refractivity contribution < 1.29 is 0 Å². The van der Waals surface area contributed by atoms with Crippen LogP contribution in [0.1, 0.15) is 54.9 Å². The summed E-state index contributed by atoms with van der Waals surface area (Å²) < 4.78 is 0. The van der Waals surface area contributed by atoms with Crippen molar-refractivity contribution in [3.8, 4) is 0 Å². The van der Waals surface area contributed by atoms with Crippen molar-refractivity contribution in [2.45, 2.75) is 56.9 Å². The third-order valence-corrected chi connectivity index (χ3v) is 6.41. The van der Waals surface area contributed by atoms with Crippen LogP contribution >= 0.6 is 22.9 Å². The zero-order chi connectivity index (χ0) is 14.2. The van der Waals surface area contributed by atoms with Gasteiger partial charge in [0.05, 0.1) is 5.39 Å².